The Morgan fingerprint density at radius 2 is 1.95 bits per heavy atom. The van der Waals surface area contributed by atoms with E-state index < -0.39 is 0 Å². The first-order valence-corrected chi connectivity index (χ1v) is 6.58. The van der Waals surface area contributed by atoms with Crippen LogP contribution in [0.4, 0.5) is 11.4 Å². The molecule has 0 bridgehead atoms. The van der Waals surface area contributed by atoms with Crippen LogP contribution in [0.3, 0.4) is 0 Å². The molecule has 2 aromatic rings. The number of amides is 1. The molecular formula is C15H15ClN2O3. The van der Waals surface area contributed by atoms with Crippen molar-refractivity contribution in [3.8, 4) is 11.5 Å². The van der Waals surface area contributed by atoms with Gasteiger partial charge in [-0.15, -0.1) is 0 Å². The molecule has 0 saturated heterocycles. The number of carbonyl (C=O) groups is 1. The largest absolute Gasteiger partial charge is 0.497 e. The molecule has 0 aromatic heterocycles. The second-order valence-electron chi connectivity index (χ2n) is 4.25. The van der Waals surface area contributed by atoms with E-state index in [1.807, 2.05) is 0 Å². The van der Waals surface area contributed by atoms with Crippen molar-refractivity contribution < 1.29 is 14.3 Å². The third kappa shape index (κ3) is 4.29. The van der Waals surface area contributed by atoms with Gasteiger partial charge in [-0.1, -0.05) is 11.6 Å². The van der Waals surface area contributed by atoms with Crippen LogP contribution in [-0.2, 0) is 4.79 Å². The molecule has 0 saturated carbocycles. The predicted molar refractivity (Wildman–Crippen MR) is 83.0 cm³/mol. The first-order valence-electron chi connectivity index (χ1n) is 6.20. The Bertz CT molecular complexity index is 629. The standard InChI is InChI=1S/C15H15ClN2O3/c1-20-12-5-3-11(4-6-12)18-15(19)9-21-14-7-2-10(16)8-13(14)17/h2-8H,9,17H2,1H3,(H,18,19). The molecule has 0 unspecified atom stereocenters. The second kappa shape index (κ2) is 6.85. The highest BCUT2D eigenvalue weighted by molar-refractivity contribution is 6.30. The molecule has 0 aliphatic heterocycles. The van der Waals surface area contributed by atoms with Crippen molar-refractivity contribution in [3.63, 3.8) is 0 Å². The summed E-state index contributed by atoms with van der Waals surface area (Å²) in [5.74, 6) is 0.858. The highest BCUT2D eigenvalue weighted by Gasteiger charge is 2.06. The molecule has 0 aliphatic rings. The fraction of sp³-hybridized carbons (Fsp3) is 0.133. The summed E-state index contributed by atoms with van der Waals surface area (Å²) in [7, 11) is 1.58. The van der Waals surface area contributed by atoms with E-state index in [2.05, 4.69) is 5.32 Å². The number of rotatable bonds is 5. The highest BCUT2D eigenvalue weighted by atomic mass is 35.5. The number of nitrogens with one attached hydrogen (secondary N) is 1. The molecular weight excluding hydrogens is 292 g/mol. The summed E-state index contributed by atoms with van der Waals surface area (Å²) in [5.41, 5.74) is 6.79. The van der Waals surface area contributed by atoms with Crippen molar-refractivity contribution in [1.82, 2.24) is 0 Å². The van der Waals surface area contributed by atoms with E-state index in [1.165, 1.54) is 0 Å². The Kier molecular flexibility index (Phi) is 4.90. The lowest BCUT2D eigenvalue weighted by atomic mass is 10.3. The van der Waals surface area contributed by atoms with Gasteiger partial charge >= 0.3 is 0 Å². The molecule has 0 atom stereocenters. The van der Waals surface area contributed by atoms with Crippen molar-refractivity contribution in [1.29, 1.82) is 0 Å². The van der Waals surface area contributed by atoms with Gasteiger partial charge in [0.25, 0.3) is 5.91 Å². The number of hydrogen-bond acceptors (Lipinski definition) is 4. The smallest absolute Gasteiger partial charge is 0.262 e. The van der Waals surface area contributed by atoms with E-state index in [4.69, 9.17) is 26.8 Å². The lowest BCUT2D eigenvalue weighted by Gasteiger charge is -2.10. The normalized spacial score (nSPS) is 10.0. The predicted octanol–water partition coefficient (Wildman–Crippen LogP) is 2.95. The average molecular weight is 307 g/mol. The first-order chi connectivity index (χ1) is 10.1. The molecule has 2 aromatic carbocycles. The van der Waals surface area contributed by atoms with Gasteiger partial charge < -0.3 is 20.5 Å². The van der Waals surface area contributed by atoms with E-state index in [0.717, 1.165) is 5.75 Å². The number of nitrogens with two attached hydrogens (primary N) is 1. The molecule has 0 fully saturated rings. The zero-order valence-electron chi connectivity index (χ0n) is 11.4. The Morgan fingerprint density at radius 1 is 1.24 bits per heavy atom. The quantitative estimate of drug-likeness (QED) is 0.833. The van der Waals surface area contributed by atoms with E-state index in [1.54, 1.807) is 49.6 Å². The fourth-order valence-electron chi connectivity index (χ4n) is 1.67. The number of methoxy groups -OCH3 is 1. The van der Waals surface area contributed by atoms with Crippen LogP contribution in [0.15, 0.2) is 42.5 Å². The first kappa shape index (κ1) is 15.0. The molecule has 0 spiro atoms. The second-order valence-corrected chi connectivity index (χ2v) is 4.68. The molecule has 3 N–H and O–H groups in total. The molecule has 110 valence electrons. The molecule has 5 nitrogen and oxygen atoms in total. The minimum atomic E-state index is -0.283. The Balaban J connectivity index is 1.89. The van der Waals surface area contributed by atoms with Crippen LogP contribution in [0.25, 0.3) is 0 Å². The van der Waals surface area contributed by atoms with Crippen molar-refractivity contribution >= 4 is 28.9 Å². The minimum Gasteiger partial charge on any atom is -0.497 e. The summed E-state index contributed by atoms with van der Waals surface area (Å²) >= 11 is 5.79. The maximum atomic E-state index is 11.8. The fourth-order valence-corrected chi connectivity index (χ4v) is 1.85. The van der Waals surface area contributed by atoms with Crippen molar-refractivity contribution in [3.05, 3.63) is 47.5 Å². The van der Waals surface area contributed by atoms with Crippen LogP contribution >= 0.6 is 11.6 Å². The van der Waals surface area contributed by atoms with Crippen LogP contribution in [-0.4, -0.2) is 19.6 Å². The van der Waals surface area contributed by atoms with Gasteiger partial charge in [-0.05, 0) is 42.5 Å². The van der Waals surface area contributed by atoms with Crippen LogP contribution in [0.2, 0.25) is 5.02 Å². The minimum absolute atomic E-state index is 0.141. The molecule has 21 heavy (non-hydrogen) atoms. The van der Waals surface area contributed by atoms with Gasteiger partial charge in [-0.2, -0.15) is 0 Å². The van der Waals surface area contributed by atoms with Gasteiger partial charge in [0.1, 0.15) is 11.5 Å². The highest BCUT2D eigenvalue weighted by Crippen LogP contribution is 2.24. The Labute approximate surface area is 127 Å². The summed E-state index contributed by atoms with van der Waals surface area (Å²) in [5, 5.41) is 3.22. The zero-order valence-corrected chi connectivity index (χ0v) is 12.2. The zero-order chi connectivity index (χ0) is 15.2. The van der Waals surface area contributed by atoms with Gasteiger partial charge in [-0.3, -0.25) is 4.79 Å². The molecule has 1 amide bonds. The molecule has 0 radical (unpaired) electrons. The molecule has 0 aliphatic carbocycles. The SMILES string of the molecule is COc1ccc(NC(=O)COc2ccc(Cl)cc2N)cc1. The Morgan fingerprint density at radius 3 is 2.57 bits per heavy atom. The van der Waals surface area contributed by atoms with E-state index >= 15 is 0 Å². The number of halogens is 1. The lowest BCUT2D eigenvalue weighted by molar-refractivity contribution is -0.118. The lowest BCUT2D eigenvalue weighted by Crippen LogP contribution is -2.20. The topological polar surface area (TPSA) is 73.6 Å². The van der Waals surface area contributed by atoms with Crippen LogP contribution in [0.5, 0.6) is 11.5 Å². The Hall–Kier alpha value is -2.40. The molecule has 2 rings (SSSR count). The number of carbonyl (C=O) groups excluding carboxylic acids is 1. The van der Waals surface area contributed by atoms with E-state index in [0.29, 0.717) is 22.1 Å². The van der Waals surface area contributed by atoms with Gasteiger partial charge in [0.2, 0.25) is 0 Å². The summed E-state index contributed by atoms with van der Waals surface area (Å²) in [6, 6.07) is 11.8. The number of hydrogen-bond donors (Lipinski definition) is 2. The number of ether oxygens (including phenoxy) is 2. The van der Waals surface area contributed by atoms with E-state index in [-0.39, 0.29) is 12.5 Å². The average Bonchev–Trinajstić information content (AvgIpc) is 2.47. The summed E-state index contributed by atoms with van der Waals surface area (Å²) in [4.78, 5) is 11.8. The van der Waals surface area contributed by atoms with Gasteiger partial charge in [-0.25, -0.2) is 0 Å². The van der Waals surface area contributed by atoms with Crippen LogP contribution in [0, 0.1) is 0 Å². The molecule has 0 heterocycles. The maximum absolute atomic E-state index is 11.8. The van der Waals surface area contributed by atoms with Gasteiger partial charge in [0, 0.05) is 10.7 Å². The van der Waals surface area contributed by atoms with Crippen molar-refractivity contribution in [2.24, 2.45) is 0 Å². The third-order valence-electron chi connectivity index (χ3n) is 2.70. The summed E-state index contributed by atoms with van der Waals surface area (Å²) < 4.78 is 10.4. The van der Waals surface area contributed by atoms with E-state index in [9.17, 15) is 4.79 Å². The molecule has 6 heteroatoms. The van der Waals surface area contributed by atoms with Gasteiger partial charge in [0.05, 0.1) is 12.8 Å². The monoisotopic (exact) mass is 306 g/mol. The summed E-state index contributed by atoms with van der Waals surface area (Å²) in [6.45, 7) is -0.141. The van der Waals surface area contributed by atoms with Gasteiger partial charge in [0.15, 0.2) is 6.61 Å². The number of anilines is 2. The van der Waals surface area contributed by atoms with Crippen LogP contribution in [0.1, 0.15) is 0 Å². The van der Waals surface area contributed by atoms with Crippen molar-refractivity contribution in [2.45, 2.75) is 0 Å². The van der Waals surface area contributed by atoms with Crippen molar-refractivity contribution in [2.75, 3.05) is 24.8 Å². The number of benzene rings is 2. The maximum Gasteiger partial charge on any atom is 0.262 e. The number of nitrogen functional groups attached to an aromatic ring is 1. The third-order valence-corrected chi connectivity index (χ3v) is 2.94. The summed E-state index contributed by atoms with van der Waals surface area (Å²) in [6.07, 6.45) is 0. The van der Waals surface area contributed by atoms with Crippen LogP contribution < -0.4 is 20.5 Å².